The molecule has 7 nitrogen and oxygen atoms in total. The van der Waals surface area contributed by atoms with Crippen LogP contribution in [-0.2, 0) is 31.7 Å². The Bertz CT molecular complexity index is 1340. The minimum atomic E-state index is -3.21. The lowest BCUT2D eigenvalue weighted by Gasteiger charge is -2.31. The molecule has 8 heteroatoms. The second-order valence-electron chi connectivity index (χ2n) is 9.48. The lowest BCUT2D eigenvalue weighted by Crippen LogP contribution is -2.37. The number of nitrogens with zero attached hydrogens (tertiary/aromatic N) is 1. The molecular weight excluding hydrogens is 533 g/mol. The predicted octanol–water partition coefficient (Wildman–Crippen LogP) is 4.07. The van der Waals surface area contributed by atoms with E-state index in [2.05, 4.69) is 0 Å². The molecule has 0 radical (unpaired) electrons. The van der Waals surface area contributed by atoms with E-state index >= 15 is 0 Å². The van der Waals surface area contributed by atoms with Gasteiger partial charge < -0.3 is 16.2 Å². The van der Waals surface area contributed by atoms with Gasteiger partial charge in [-0.3, -0.25) is 14.2 Å². The van der Waals surface area contributed by atoms with Gasteiger partial charge in [-0.15, -0.1) is 0 Å². The van der Waals surface area contributed by atoms with Crippen molar-refractivity contribution in [3.8, 4) is 0 Å². The number of nitrogens with two attached hydrogens (primary N) is 2. The highest BCUT2D eigenvalue weighted by atomic mass is 31.2. The van der Waals surface area contributed by atoms with E-state index in [-0.39, 0.29) is 6.54 Å². The van der Waals surface area contributed by atoms with Gasteiger partial charge in [-0.25, -0.2) is 4.67 Å². The Balaban J connectivity index is 0.000000298. The average molecular weight is 572 g/mol. The molecule has 0 spiro atoms. The van der Waals surface area contributed by atoms with E-state index in [1.165, 1.54) is 12.7 Å². The molecule has 4 rings (SSSR count). The molecule has 4 aromatic carbocycles. The predicted molar refractivity (Wildman–Crippen MR) is 165 cm³/mol. The molecule has 0 saturated carbocycles. The molecule has 1 atom stereocenters. The first kappa shape index (κ1) is 31.5. The summed E-state index contributed by atoms with van der Waals surface area (Å²) in [4.78, 5) is 22.8. The molecule has 0 aromatic heterocycles. The monoisotopic (exact) mass is 571 g/mol. The van der Waals surface area contributed by atoms with Gasteiger partial charge in [0.2, 0.25) is 13.2 Å². The summed E-state index contributed by atoms with van der Waals surface area (Å²) in [6, 6.07) is 38.1. The van der Waals surface area contributed by atoms with E-state index < -0.39 is 25.2 Å². The summed E-state index contributed by atoms with van der Waals surface area (Å²) in [7, 11) is -1.85. The first-order chi connectivity index (χ1) is 19.8. The Kier molecular flexibility index (Phi) is 12.5. The van der Waals surface area contributed by atoms with Crippen LogP contribution in [0.5, 0.6) is 0 Å². The summed E-state index contributed by atoms with van der Waals surface area (Å²) >= 11 is 0. The molecule has 41 heavy (non-hydrogen) atoms. The second kappa shape index (κ2) is 16.3. The Hall–Kier alpha value is -4.03. The van der Waals surface area contributed by atoms with Crippen LogP contribution in [0.3, 0.4) is 0 Å². The van der Waals surface area contributed by atoms with Gasteiger partial charge in [0, 0.05) is 17.2 Å². The molecule has 0 aliphatic carbocycles. The third kappa shape index (κ3) is 9.54. The molecule has 0 fully saturated rings. The number of methoxy groups -OCH3 is 1. The van der Waals surface area contributed by atoms with Gasteiger partial charge in [0.15, 0.2) is 0 Å². The SMILES string of the molecule is COC(=O)CN(CCc1ccccc1)P(=O)(c1ccccc1)c1ccccc1.NC(=O)C(N)CCc1ccccc1. The van der Waals surface area contributed by atoms with Crippen LogP contribution in [0, 0.1) is 0 Å². The second-order valence-corrected chi connectivity index (χ2v) is 12.2. The van der Waals surface area contributed by atoms with Crippen LogP contribution in [-0.4, -0.2) is 42.8 Å². The van der Waals surface area contributed by atoms with E-state index in [1.807, 2.05) is 121 Å². The third-order valence-corrected chi connectivity index (χ3v) is 9.74. The van der Waals surface area contributed by atoms with Crippen LogP contribution in [0.2, 0.25) is 0 Å². The maximum atomic E-state index is 14.5. The molecule has 1 unspecified atom stereocenters. The number of hydrogen-bond acceptors (Lipinski definition) is 5. The van der Waals surface area contributed by atoms with Gasteiger partial charge in [0.25, 0.3) is 0 Å². The molecule has 4 N–H and O–H groups in total. The highest BCUT2D eigenvalue weighted by Crippen LogP contribution is 2.47. The Labute approximate surface area is 242 Å². The molecule has 0 bridgehead atoms. The fraction of sp³-hybridized carbons (Fsp3) is 0.212. The standard InChI is InChI=1S/C23H24NO3P.C10H14N2O/c1-27-23(25)19-24(18-17-20-11-5-2-6-12-20)28(26,21-13-7-3-8-14-21)22-15-9-4-10-16-22;11-9(10(12)13)7-6-8-4-2-1-3-5-8/h2-16H,17-19H2,1H3;1-5,9H,6-7,11H2,(H2,12,13). The van der Waals surface area contributed by atoms with Crippen LogP contribution in [0.25, 0.3) is 0 Å². The number of benzene rings is 4. The minimum absolute atomic E-state index is 0.0373. The molecule has 214 valence electrons. The van der Waals surface area contributed by atoms with Crippen LogP contribution in [0.4, 0.5) is 0 Å². The zero-order valence-electron chi connectivity index (χ0n) is 23.3. The molecule has 0 aliphatic heterocycles. The fourth-order valence-electron chi connectivity index (χ4n) is 4.28. The number of ether oxygens (including phenoxy) is 1. The zero-order valence-corrected chi connectivity index (χ0v) is 24.2. The Morgan fingerprint density at radius 1 is 0.732 bits per heavy atom. The summed E-state index contributed by atoms with van der Waals surface area (Å²) in [5.41, 5.74) is 12.8. The molecule has 0 heterocycles. The average Bonchev–Trinajstić information content (AvgIpc) is 3.03. The number of carbonyl (C=O) groups excluding carboxylic acids is 2. The summed E-state index contributed by atoms with van der Waals surface area (Å²) in [6.45, 7) is 0.435. The maximum absolute atomic E-state index is 14.5. The van der Waals surface area contributed by atoms with Crippen molar-refractivity contribution in [1.82, 2.24) is 4.67 Å². The van der Waals surface area contributed by atoms with Crippen molar-refractivity contribution in [2.45, 2.75) is 25.3 Å². The normalized spacial score (nSPS) is 11.7. The van der Waals surface area contributed by atoms with E-state index in [0.29, 0.717) is 30.0 Å². The number of carbonyl (C=O) groups is 2. The topological polar surface area (TPSA) is 116 Å². The molecule has 0 aliphatic rings. The third-order valence-electron chi connectivity index (χ3n) is 6.60. The molecular formula is C33H38N3O4P. The zero-order chi connectivity index (χ0) is 29.5. The quantitative estimate of drug-likeness (QED) is 0.196. The lowest BCUT2D eigenvalue weighted by molar-refractivity contribution is -0.140. The van der Waals surface area contributed by atoms with Gasteiger partial charge in [-0.1, -0.05) is 97.1 Å². The first-order valence-corrected chi connectivity index (χ1v) is 15.2. The minimum Gasteiger partial charge on any atom is -0.468 e. The van der Waals surface area contributed by atoms with Crippen molar-refractivity contribution in [3.05, 3.63) is 132 Å². The number of esters is 1. The largest absolute Gasteiger partial charge is 0.468 e. The number of aryl methyl sites for hydroxylation is 1. The molecule has 4 aromatic rings. The highest BCUT2D eigenvalue weighted by molar-refractivity contribution is 7.76. The van der Waals surface area contributed by atoms with Crippen molar-refractivity contribution in [3.63, 3.8) is 0 Å². The van der Waals surface area contributed by atoms with Gasteiger partial charge in [0.1, 0.15) is 6.54 Å². The fourth-order valence-corrected chi connectivity index (χ4v) is 7.08. The van der Waals surface area contributed by atoms with Crippen LogP contribution >= 0.6 is 7.29 Å². The van der Waals surface area contributed by atoms with E-state index in [9.17, 15) is 14.2 Å². The summed E-state index contributed by atoms with van der Waals surface area (Å²) in [5, 5.41) is 1.41. The molecule has 1 amide bonds. The van der Waals surface area contributed by atoms with Crippen LogP contribution in [0.15, 0.2) is 121 Å². The van der Waals surface area contributed by atoms with E-state index in [4.69, 9.17) is 16.2 Å². The van der Waals surface area contributed by atoms with Crippen molar-refractivity contribution in [2.24, 2.45) is 11.5 Å². The Morgan fingerprint density at radius 2 is 1.15 bits per heavy atom. The number of primary amides is 1. The van der Waals surface area contributed by atoms with Crippen LogP contribution < -0.4 is 22.1 Å². The number of hydrogen-bond donors (Lipinski definition) is 2. The van der Waals surface area contributed by atoms with Crippen molar-refractivity contribution >= 4 is 29.8 Å². The van der Waals surface area contributed by atoms with Gasteiger partial charge in [-0.05, 0) is 54.7 Å². The summed E-state index contributed by atoms with van der Waals surface area (Å²) in [6.07, 6.45) is 2.09. The van der Waals surface area contributed by atoms with Gasteiger partial charge in [-0.2, -0.15) is 0 Å². The van der Waals surface area contributed by atoms with E-state index in [1.54, 1.807) is 4.67 Å². The van der Waals surface area contributed by atoms with Gasteiger partial charge >= 0.3 is 5.97 Å². The van der Waals surface area contributed by atoms with E-state index in [0.717, 1.165) is 12.0 Å². The smallest absolute Gasteiger partial charge is 0.320 e. The highest BCUT2D eigenvalue weighted by Gasteiger charge is 2.35. The molecule has 0 saturated heterocycles. The van der Waals surface area contributed by atoms with Crippen LogP contribution in [0.1, 0.15) is 17.5 Å². The number of rotatable bonds is 12. The van der Waals surface area contributed by atoms with Gasteiger partial charge in [0.05, 0.1) is 13.2 Å². The lowest BCUT2D eigenvalue weighted by atomic mass is 10.1. The number of amides is 1. The first-order valence-electron chi connectivity index (χ1n) is 13.5. The van der Waals surface area contributed by atoms with Crippen molar-refractivity contribution < 1.29 is 18.9 Å². The summed E-state index contributed by atoms with van der Waals surface area (Å²) in [5.74, 6) is -0.837. The van der Waals surface area contributed by atoms with Crippen molar-refractivity contribution in [2.75, 3.05) is 20.2 Å². The maximum Gasteiger partial charge on any atom is 0.320 e. The van der Waals surface area contributed by atoms with Crippen molar-refractivity contribution in [1.29, 1.82) is 0 Å². The summed E-state index contributed by atoms with van der Waals surface area (Å²) < 4.78 is 21.2. The Morgan fingerprint density at radius 3 is 1.56 bits per heavy atom.